The summed E-state index contributed by atoms with van der Waals surface area (Å²) in [4.78, 5) is 9.33. The van der Waals surface area contributed by atoms with Crippen LogP contribution in [0.2, 0.25) is 5.02 Å². The Hall–Kier alpha value is -1.45. The van der Waals surface area contributed by atoms with Gasteiger partial charge in [-0.15, -0.1) is 0 Å². The van der Waals surface area contributed by atoms with Gasteiger partial charge < -0.3 is 5.32 Å². The molecule has 0 radical (unpaired) electrons. The van der Waals surface area contributed by atoms with Crippen molar-refractivity contribution in [2.75, 3.05) is 0 Å². The van der Waals surface area contributed by atoms with Gasteiger partial charge >= 0.3 is 0 Å². The van der Waals surface area contributed by atoms with Gasteiger partial charge in [0.1, 0.15) is 5.82 Å². The average Bonchev–Trinajstić information content (AvgIpc) is 3.22. The maximum Gasteiger partial charge on any atom is 0.133 e. The predicted octanol–water partition coefficient (Wildman–Crippen LogP) is 3.59. The minimum atomic E-state index is 0.704. The van der Waals surface area contributed by atoms with Gasteiger partial charge in [-0.05, 0) is 44.4 Å². The predicted molar refractivity (Wildman–Crippen MR) is 85.6 cm³/mol. The van der Waals surface area contributed by atoms with E-state index in [0.29, 0.717) is 6.04 Å². The lowest BCUT2D eigenvalue weighted by Crippen LogP contribution is -2.18. The van der Waals surface area contributed by atoms with E-state index in [-0.39, 0.29) is 0 Å². The second-order valence-electron chi connectivity index (χ2n) is 5.75. The SMILES string of the molecule is Cc1nc(Cc2cccc(Cl)c2)nc(C)c1CNC1CC1. The summed E-state index contributed by atoms with van der Waals surface area (Å²) in [6, 6.07) is 8.58. The molecule has 2 aromatic rings. The summed E-state index contributed by atoms with van der Waals surface area (Å²) in [6.45, 7) is 5.01. The molecule has 3 nitrogen and oxygen atoms in total. The van der Waals surface area contributed by atoms with E-state index in [1.54, 1.807) is 0 Å². The molecule has 0 saturated heterocycles. The number of aromatic nitrogens is 2. The molecule has 1 aliphatic carbocycles. The van der Waals surface area contributed by atoms with Crippen molar-refractivity contribution in [1.82, 2.24) is 15.3 Å². The molecule has 0 bridgehead atoms. The maximum absolute atomic E-state index is 6.03. The molecule has 1 saturated carbocycles. The first-order valence-corrected chi connectivity index (χ1v) is 7.80. The molecular formula is C17H20ClN3. The van der Waals surface area contributed by atoms with Crippen LogP contribution in [0.1, 0.15) is 41.2 Å². The number of nitrogens with zero attached hydrogens (tertiary/aromatic N) is 2. The van der Waals surface area contributed by atoms with Gasteiger partial charge in [-0.2, -0.15) is 0 Å². The fourth-order valence-electron chi connectivity index (χ4n) is 2.51. The maximum atomic E-state index is 6.03. The van der Waals surface area contributed by atoms with Gasteiger partial charge in [0.2, 0.25) is 0 Å². The largest absolute Gasteiger partial charge is 0.310 e. The van der Waals surface area contributed by atoms with Crippen molar-refractivity contribution in [2.45, 2.75) is 45.7 Å². The molecule has 1 aliphatic rings. The number of hydrogen-bond donors (Lipinski definition) is 1. The van der Waals surface area contributed by atoms with Gasteiger partial charge in [0.05, 0.1) is 0 Å². The zero-order chi connectivity index (χ0) is 14.8. The van der Waals surface area contributed by atoms with E-state index >= 15 is 0 Å². The lowest BCUT2D eigenvalue weighted by Gasteiger charge is -2.11. The smallest absolute Gasteiger partial charge is 0.133 e. The number of nitrogens with one attached hydrogen (secondary N) is 1. The van der Waals surface area contributed by atoms with E-state index < -0.39 is 0 Å². The molecule has 1 fully saturated rings. The van der Waals surface area contributed by atoms with Gasteiger partial charge in [-0.25, -0.2) is 9.97 Å². The molecule has 1 aromatic carbocycles. The van der Waals surface area contributed by atoms with E-state index in [1.165, 1.54) is 18.4 Å². The van der Waals surface area contributed by atoms with Crippen LogP contribution in [0.25, 0.3) is 0 Å². The molecule has 3 rings (SSSR count). The first-order valence-electron chi connectivity index (χ1n) is 7.42. The standard InChI is InChI=1S/C17H20ClN3/c1-11-16(10-19-15-6-7-15)12(2)21-17(20-11)9-13-4-3-5-14(18)8-13/h3-5,8,15,19H,6-7,9-10H2,1-2H3. The summed E-state index contributed by atoms with van der Waals surface area (Å²) >= 11 is 6.03. The Balaban J connectivity index is 1.77. The third-order valence-corrected chi connectivity index (χ3v) is 4.10. The Labute approximate surface area is 130 Å². The molecule has 0 unspecified atom stereocenters. The second-order valence-corrected chi connectivity index (χ2v) is 6.19. The van der Waals surface area contributed by atoms with Crippen LogP contribution < -0.4 is 5.32 Å². The Kier molecular flexibility index (Phi) is 4.22. The molecular weight excluding hydrogens is 282 g/mol. The lowest BCUT2D eigenvalue weighted by atomic mass is 10.1. The normalized spacial score (nSPS) is 14.4. The molecule has 21 heavy (non-hydrogen) atoms. The van der Waals surface area contributed by atoms with Crippen LogP contribution in [-0.4, -0.2) is 16.0 Å². The van der Waals surface area contributed by atoms with Crippen LogP contribution in [-0.2, 0) is 13.0 Å². The molecule has 0 amide bonds. The van der Waals surface area contributed by atoms with E-state index in [4.69, 9.17) is 11.6 Å². The Bertz CT molecular complexity index is 627. The van der Waals surface area contributed by atoms with Crippen LogP contribution in [0.4, 0.5) is 0 Å². The second kappa shape index (κ2) is 6.12. The Morgan fingerprint density at radius 3 is 2.52 bits per heavy atom. The molecule has 0 aliphatic heterocycles. The van der Waals surface area contributed by atoms with Crippen LogP contribution in [0.5, 0.6) is 0 Å². The highest BCUT2D eigenvalue weighted by Crippen LogP contribution is 2.21. The molecule has 0 atom stereocenters. The number of benzene rings is 1. The van der Waals surface area contributed by atoms with Crippen molar-refractivity contribution in [2.24, 2.45) is 0 Å². The summed E-state index contributed by atoms with van der Waals surface area (Å²) in [5.74, 6) is 0.863. The van der Waals surface area contributed by atoms with Crippen molar-refractivity contribution in [3.63, 3.8) is 0 Å². The summed E-state index contributed by atoms with van der Waals surface area (Å²) < 4.78 is 0. The summed E-state index contributed by atoms with van der Waals surface area (Å²) in [7, 11) is 0. The summed E-state index contributed by atoms with van der Waals surface area (Å²) in [5, 5.41) is 4.29. The van der Waals surface area contributed by atoms with Crippen molar-refractivity contribution in [3.8, 4) is 0 Å². The first-order chi connectivity index (χ1) is 10.1. The zero-order valence-electron chi connectivity index (χ0n) is 12.5. The zero-order valence-corrected chi connectivity index (χ0v) is 13.2. The minimum Gasteiger partial charge on any atom is -0.310 e. The third-order valence-electron chi connectivity index (χ3n) is 3.86. The fraction of sp³-hybridized carbons (Fsp3) is 0.412. The number of rotatable bonds is 5. The third kappa shape index (κ3) is 3.80. The van der Waals surface area contributed by atoms with Crippen molar-refractivity contribution in [3.05, 3.63) is 57.6 Å². The monoisotopic (exact) mass is 301 g/mol. The van der Waals surface area contributed by atoms with Gasteiger partial charge in [-0.1, -0.05) is 23.7 Å². The highest BCUT2D eigenvalue weighted by molar-refractivity contribution is 6.30. The molecule has 1 N–H and O–H groups in total. The van der Waals surface area contributed by atoms with E-state index in [2.05, 4.69) is 35.2 Å². The number of aryl methyl sites for hydroxylation is 2. The quantitative estimate of drug-likeness (QED) is 0.917. The Morgan fingerprint density at radius 1 is 1.19 bits per heavy atom. The van der Waals surface area contributed by atoms with Gasteiger partial charge in [-0.3, -0.25) is 0 Å². The van der Waals surface area contributed by atoms with Crippen LogP contribution in [0, 0.1) is 13.8 Å². The topological polar surface area (TPSA) is 37.8 Å². The average molecular weight is 302 g/mol. The van der Waals surface area contributed by atoms with E-state index in [9.17, 15) is 0 Å². The molecule has 1 heterocycles. The van der Waals surface area contributed by atoms with Crippen molar-refractivity contribution in [1.29, 1.82) is 0 Å². The van der Waals surface area contributed by atoms with Crippen LogP contribution >= 0.6 is 11.6 Å². The molecule has 1 aromatic heterocycles. The lowest BCUT2D eigenvalue weighted by molar-refractivity contribution is 0.672. The number of halogens is 1. The summed E-state index contributed by atoms with van der Waals surface area (Å²) in [6.07, 6.45) is 3.32. The first kappa shape index (κ1) is 14.5. The van der Waals surface area contributed by atoms with Gasteiger partial charge in [0.15, 0.2) is 0 Å². The highest BCUT2D eigenvalue weighted by atomic mass is 35.5. The van der Waals surface area contributed by atoms with E-state index in [1.807, 2.05) is 18.2 Å². The van der Waals surface area contributed by atoms with Crippen LogP contribution in [0.3, 0.4) is 0 Å². The summed E-state index contributed by atoms with van der Waals surface area (Å²) in [5.41, 5.74) is 4.53. The van der Waals surface area contributed by atoms with Crippen LogP contribution in [0.15, 0.2) is 24.3 Å². The van der Waals surface area contributed by atoms with Crippen molar-refractivity contribution < 1.29 is 0 Å². The molecule has 0 spiro atoms. The molecule has 110 valence electrons. The minimum absolute atomic E-state index is 0.704. The van der Waals surface area contributed by atoms with E-state index in [0.717, 1.165) is 40.8 Å². The molecule has 4 heteroatoms. The number of hydrogen-bond acceptors (Lipinski definition) is 3. The van der Waals surface area contributed by atoms with Gasteiger partial charge in [0.25, 0.3) is 0 Å². The highest BCUT2D eigenvalue weighted by Gasteiger charge is 2.21. The Morgan fingerprint density at radius 2 is 1.90 bits per heavy atom. The fourth-order valence-corrected chi connectivity index (χ4v) is 2.72. The van der Waals surface area contributed by atoms with Gasteiger partial charge in [0, 0.05) is 41.0 Å². The van der Waals surface area contributed by atoms with Crippen molar-refractivity contribution >= 4 is 11.6 Å².